The van der Waals surface area contributed by atoms with Gasteiger partial charge in [0, 0.05) is 35.2 Å². The van der Waals surface area contributed by atoms with E-state index in [1.54, 1.807) is 12.1 Å². The topological polar surface area (TPSA) is 153 Å². The number of aromatic amines is 1. The Morgan fingerprint density at radius 1 is 1.00 bits per heavy atom. The van der Waals surface area contributed by atoms with E-state index >= 15 is 0 Å². The second kappa shape index (κ2) is 12.9. The molecule has 4 aromatic rings. The first-order valence-electron chi connectivity index (χ1n) is 14.2. The van der Waals surface area contributed by atoms with E-state index in [4.69, 9.17) is 11.5 Å². The van der Waals surface area contributed by atoms with Crippen molar-refractivity contribution in [2.24, 2.45) is 23.5 Å². The van der Waals surface area contributed by atoms with Crippen molar-refractivity contribution in [1.82, 2.24) is 20.6 Å². The number of amides is 1. The number of aryl methyl sites for hydroxylation is 1. The molecule has 0 spiro atoms. The highest BCUT2D eigenvalue weighted by atomic mass is 16.2. The van der Waals surface area contributed by atoms with Crippen LogP contribution in [0.1, 0.15) is 43.2 Å². The molecule has 0 aliphatic heterocycles. The molecular weight excluding hydrogens is 514 g/mol. The van der Waals surface area contributed by atoms with Crippen LogP contribution in [0.25, 0.3) is 22.5 Å². The van der Waals surface area contributed by atoms with E-state index in [9.17, 15) is 9.59 Å². The van der Waals surface area contributed by atoms with Crippen LogP contribution in [-0.2, 0) is 16.0 Å². The van der Waals surface area contributed by atoms with Crippen LogP contribution in [-0.4, -0.2) is 38.9 Å². The number of carbonyl (C=O) groups is 2. The van der Waals surface area contributed by atoms with Gasteiger partial charge in [-0.1, -0.05) is 30.3 Å². The van der Waals surface area contributed by atoms with Crippen molar-refractivity contribution in [1.29, 1.82) is 0 Å². The summed E-state index contributed by atoms with van der Waals surface area (Å²) in [4.78, 5) is 27.1. The maximum absolute atomic E-state index is 13.7. The highest BCUT2D eigenvalue weighted by Crippen LogP contribution is 2.32. The van der Waals surface area contributed by atoms with Crippen molar-refractivity contribution in [3.63, 3.8) is 0 Å². The van der Waals surface area contributed by atoms with Crippen LogP contribution in [0, 0.1) is 24.7 Å². The minimum Gasteiger partial charge on any atom is -0.399 e. The number of carbonyl (C=O) groups excluding carboxylic acids is 2. The minimum absolute atomic E-state index is 0.0105. The zero-order valence-electron chi connectivity index (χ0n) is 23.3. The number of tetrazole rings is 1. The number of nitrogen functional groups attached to an aromatic ring is 1. The Morgan fingerprint density at radius 3 is 2.49 bits per heavy atom. The maximum Gasteiger partial charge on any atom is 0.228 e. The third-order valence-electron chi connectivity index (χ3n) is 8.19. The fraction of sp³-hybridized carbons (Fsp3) is 0.344. The van der Waals surface area contributed by atoms with Gasteiger partial charge in [-0.15, -0.1) is 10.2 Å². The Labute approximate surface area is 240 Å². The number of H-pyrrole nitrogens is 1. The van der Waals surface area contributed by atoms with Crippen LogP contribution >= 0.6 is 0 Å². The van der Waals surface area contributed by atoms with Gasteiger partial charge in [0.25, 0.3) is 0 Å². The molecule has 9 heteroatoms. The molecule has 9 nitrogen and oxygen atoms in total. The molecule has 1 aliphatic carbocycles. The standard InChI is InChI=1S/C32H37N7O2/c1-20-5-12-27(34)18-29(20)25-4-2-3-22(15-25)16-26(17-30(40)23-8-6-21(19-33)7-9-23)32(41)35-28-13-10-24(11-14-28)31-36-38-39-37-31/h2-5,10-15,18,21,23,26H,6-9,16-17,19,33-34H2,1H3,(H,35,41)(H,36,37,38,39)/t21?,23?,26-/m1/s1. The fourth-order valence-electron chi connectivity index (χ4n) is 5.72. The summed E-state index contributed by atoms with van der Waals surface area (Å²) in [5.41, 5.74) is 18.3. The second-order valence-electron chi connectivity index (χ2n) is 11.1. The number of nitrogens with one attached hydrogen (secondary N) is 2. The van der Waals surface area contributed by atoms with Crippen LogP contribution in [0.15, 0.2) is 66.7 Å². The summed E-state index contributed by atoms with van der Waals surface area (Å²) >= 11 is 0. The lowest BCUT2D eigenvalue weighted by molar-refractivity contribution is -0.129. The van der Waals surface area contributed by atoms with E-state index in [1.807, 2.05) is 48.5 Å². The molecule has 1 aliphatic rings. The van der Waals surface area contributed by atoms with Crippen LogP contribution < -0.4 is 16.8 Å². The number of nitrogens with two attached hydrogens (primary N) is 2. The quantitative estimate of drug-likeness (QED) is 0.204. The summed E-state index contributed by atoms with van der Waals surface area (Å²) in [6, 6.07) is 21.3. The van der Waals surface area contributed by atoms with Gasteiger partial charge >= 0.3 is 0 Å². The normalized spacial score (nSPS) is 17.6. The lowest BCUT2D eigenvalue weighted by atomic mass is 9.77. The molecule has 0 unspecified atom stereocenters. The first kappa shape index (κ1) is 28.2. The van der Waals surface area contributed by atoms with Crippen LogP contribution in [0.5, 0.6) is 0 Å². The molecule has 1 heterocycles. The predicted octanol–water partition coefficient (Wildman–Crippen LogP) is 4.95. The summed E-state index contributed by atoms with van der Waals surface area (Å²) in [5, 5.41) is 17.0. The highest BCUT2D eigenvalue weighted by molar-refractivity contribution is 5.96. The third kappa shape index (κ3) is 7.05. The summed E-state index contributed by atoms with van der Waals surface area (Å²) in [5.74, 6) is 0.438. The van der Waals surface area contributed by atoms with Gasteiger partial charge in [-0.05, 0) is 115 Å². The van der Waals surface area contributed by atoms with Gasteiger partial charge in [0.05, 0.1) is 0 Å². The highest BCUT2D eigenvalue weighted by Gasteiger charge is 2.30. The molecule has 1 fully saturated rings. The Bertz CT molecular complexity index is 1480. The number of ketones is 1. The van der Waals surface area contributed by atoms with Crippen LogP contribution in [0.2, 0.25) is 0 Å². The van der Waals surface area contributed by atoms with Gasteiger partial charge < -0.3 is 16.8 Å². The molecule has 41 heavy (non-hydrogen) atoms. The van der Waals surface area contributed by atoms with E-state index in [0.717, 1.165) is 53.5 Å². The van der Waals surface area contributed by atoms with E-state index in [1.165, 1.54) is 0 Å². The van der Waals surface area contributed by atoms with Gasteiger partial charge in [0.15, 0.2) is 0 Å². The minimum atomic E-state index is -0.510. The van der Waals surface area contributed by atoms with E-state index in [2.05, 4.69) is 38.9 Å². The molecule has 0 saturated heterocycles. The molecule has 3 aromatic carbocycles. The lowest BCUT2D eigenvalue weighted by Crippen LogP contribution is -2.31. The average molecular weight is 552 g/mol. The summed E-state index contributed by atoms with van der Waals surface area (Å²) in [6.45, 7) is 2.72. The maximum atomic E-state index is 13.7. The number of rotatable bonds is 10. The van der Waals surface area contributed by atoms with E-state index in [0.29, 0.717) is 36.1 Å². The predicted molar refractivity (Wildman–Crippen MR) is 161 cm³/mol. The molecular formula is C32H37N7O2. The van der Waals surface area contributed by atoms with Crippen molar-refractivity contribution in [3.05, 3.63) is 77.9 Å². The first-order chi connectivity index (χ1) is 19.9. The second-order valence-corrected chi connectivity index (χ2v) is 11.1. The molecule has 0 radical (unpaired) electrons. The van der Waals surface area contributed by atoms with Crippen molar-refractivity contribution in [3.8, 4) is 22.5 Å². The monoisotopic (exact) mass is 551 g/mol. The summed E-state index contributed by atoms with van der Waals surface area (Å²) < 4.78 is 0. The molecule has 1 saturated carbocycles. The number of hydrogen-bond donors (Lipinski definition) is 4. The van der Waals surface area contributed by atoms with Crippen molar-refractivity contribution < 1.29 is 9.59 Å². The third-order valence-corrected chi connectivity index (χ3v) is 8.19. The molecule has 1 atom stereocenters. The fourth-order valence-corrected chi connectivity index (χ4v) is 5.72. The number of aromatic nitrogens is 4. The molecule has 5 rings (SSSR count). The molecule has 212 valence electrons. The SMILES string of the molecule is Cc1ccc(N)cc1-c1cccc(C[C@H](CC(=O)C2CCC(CN)CC2)C(=O)Nc2ccc(-c3nn[nH]n3)cc2)c1. The van der Waals surface area contributed by atoms with Crippen LogP contribution in [0.3, 0.4) is 0 Å². The molecule has 0 bridgehead atoms. The van der Waals surface area contributed by atoms with Gasteiger partial charge in [0.2, 0.25) is 11.7 Å². The van der Waals surface area contributed by atoms with Crippen molar-refractivity contribution >= 4 is 23.1 Å². The smallest absolute Gasteiger partial charge is 0.228 e. The zero-order chi connectivity index (χ0) is 28.8. The van der Waals surface area contributed by atoms with Gasteiger partial charge in [-0.3, -0.25) is 9.59 Å². The number of benzene rings is 3. The van der Waals surface area contributed by atoms with Gasteiger partial charge in [-0.25, -0.2) is 0 Å². The van der Waals surface area contributed by atoms with Crippen molar-refractivity contribution in [2.75, 3.05) is 17.6 Å². The molecule has 1 aromatic heterocycles. The van der Waals surface area contributed by atoms with Gasteiger partial charge in [0.1, 0.15) is 5.78 Å². The van der Waals surface area contributed by atoms with E-state index in [-0.39, 0.29) is 24.0 Å². The summed E-state index contributed by atoms with van der Waals surface area (Å²) in [7, 11) is 0. The van der Waals surface area contributed by atoms with Crippen LogP contribution in [0.4, 0.5) is 11.4 Å². The van der Waals surface area contributed by atoms with Gasteiger partial charge in [-0.2, -0.15) is 5.21 Å². The Morgan fingerprint density at radius 2 is 1.78 bits per heavy atom. The molecule has 6 N–H and O–H groups in total. The average Bonchev–Trinajstić information content (AvgIpc) is 3.54. The Balaban J connectivity index is 1.35. The summed E-state index contributed by atoms with van der Waals surface area (Å²) in [6.07, 6.45) is 4.28. The Hall–Kier alpha value is -4.37. The number of nitrogens with zero attached hydrogens (tertiary/aromatic N) is 3. The lowest BCUT2D eigenvalue weighted by Gasteiger charge is -2.27. The zero-order valence-corrected chi connectivity index (χ0v) is 23.3. The molecule has 1 amide bonds. The largest absolute Gasteiger partial charge is 0.399 e. The first-order valence-corrected chi connectivity index (χ1v) is 14.2. The number of Topliss-reactive ketones (excluding diaryl/α,β-unsaturated/α-hetero) is 1. The van der Waals surface area contributed by atoms with Crippen molar-refractivity contribution in [2.45, 2.75) is 45.4 Å². The van der Waals surface area contributed by atoms with E-state index < -0.39 is 5.92 Å². The number of hydrogen-bond acceptors (Lipinski definition) is 7. The number of anilines is 2. The Kier molecular flexibility index (Phi) is 8.84.